The topological polar surface area (TPSA) is 215 Å². The number of aliphatic carboxylic acids is 1. The highest BCUT2D eigenvalue weighted by atomic mass is 16.6. The van der Waals surface area contributed by atoms with Gasteiger partial charge in [-0.05, 0) is 62.9 Å². The molecule has 1 unspecified atom stereocenters. The minimum Gasteiger partial charge on any atom is -0.481 e. The molecule has 1 rings (SSSR count). The van der Waals surface area contributed by atoms with Gasteiger partial charge in [0, 0.05) is 24.9 Å². The maximum Gasteiger partial charge on any atom is 0.303 e. The van der Waals surface area contributed by atoms with Crippen LogP contribution in [0.3, 0.4) is 0 Å². The van der Waals surface area contributed by atoms with E-state index in [-0.39, 0.29) is 38.3 Å². The van der Waals surface area contributed by atoms with Crippen LogP contribution in [-0.2, 0) is 35.4 Å². The number of hydrogen-bond donors (Lipinski definition) is 7. The number of nitrogens with two attached hydrogens (primary N) is 2. The summed E-state index contributed by atoms with van der Waals surface area (Å²) in [6.45, 7) is 0.756. The summed E-state index contributed by atoms with van der Waals surface area (Å²) in [5, 5.41) is 16.3. The molecule has 1 aromatic rings. The van der Waals surface area contributed by atoms with E-state index in [1.165, 1.54) is 0 Å². The van der Waals surface area contributed by atoms with Crippen molar-refractivity contribution < 1.29 is 33.9 Å². The monoisotopic (exact) mass is 536 g/mol. The number of carbonyl (C=O) groups excluding carboxylic acids is 4. The van der Waals surface area contributed by atoms with Crippen molar-refractivity contribution >= 4 is 35.3 Å². The molecule has 0 aromatic heterocycles. The molecule has 0 aliphatic carbocycles. The molecule has 212 valence electrons. The van der Waals surface area contributed by atoms with Crippen molar-refractivity contribution in [2.75, 3.05) is 25.0 Å². The predicted molar refractivity (Wildman–Crippen MR) is 140 cm³/mol. The van der Waals surface area contributed by atoms with Gasteiger partial charge in [0.25, 0.3) is 0 Å². The lowest BCUT2D eigenvalue weighted by molar-refractivity contribution is -0.137. The Hall–Kier alpha value is -3.55. The largest absolute Gasteiger partial charge is 0.481 e. The molecule has 13 heteroatoms. The highest BCUT2D eigenvalue weighted by molar-refractivity contribution is 5.97. The predicted octanol–water partition coefficient (Wildman–Crippen LogP) is 0.287. The van der Waals surface area contributed by atoms with E-state index in [1.54, 1.807) is 24.3 Å². The van der Waals surface area contributed by atoms with Gasteiger partial charge in [-0.25, -0.2) is 5.48 Å². The summed E-state index contributed by atoms with van der Waals surface area (Å²) in [4.78, 5) is 64.2. The van der Waals surface area contributed by atoms with Crippen molar-refractivity contribution in [3.05, 3.63) is 29.8 Å². The Morgan fingerprint density at radius 3 is 2.16 bits per heavy atom. The van der Waals surface area contributed by atoms with E-state index in [0.29, 0.717) is 38.0 Å². The van der Waals surface area contributed by atoms with Crippen molar-refractivity contribution in [2.45, 2.75) is 70.4 Å². The van der Waals surface area contributed by atoms with Gasteiger partial charge in [-0.3, -0.25) is 28.8 Å². The average Bonchev–Trinajstić information content (AvgIpc) is 2.88. The summed E-state index contributed by atoms with van der Waals surface area (Å²) < 4.78 is 0. The summed E-state index contributed by atoms with van der Waals surface area (Å²) in [6.07, 6.45) is 3.70. The number of carboxylic acids is 1. The second-order valence-corrected chi connectivity index (χ2v) is 8.67. The number of hydrogen-bond acceptors (Lipinski definition) is 8. The summed E-state index contributed by atoms with van der Waals surface area (Å²) >= 11 is 0. The van der Waals surface area contributed by atoms with Gasteiger partial charge in [-0.2, -0.15) is 0 Å². The zero-order valence-corrected chi connectivity index (χ0v) is 21.6. The van der Waals surface area contributed by atoms with Crippen LogP contribution >= 0.6 is 0 Å². The van der Waals surface area contributed by atoms with Crippen LogP contribution in [0.4, 0.5) is 5.69 Å². The first-order valence-electron chi connectivity index (χ1n) is 12.7. The minimum atomic E-state index is -0.999. The maximum atomic E-state index is 12.8. The number of benzene rings is 1. The molecule has 0 aliphatic heterocycles. The fraction of sp³-hybridized carbons (Fsp3) is 0.560. The van der Waals surface area contributed by atoms with E-state index in [9.17, 15) is 24.0 Å². The van der Waals surface area contributed by atoms with E-state index >= 15 is 0 Å². The Bertz CT molecular complexity index is 895. The van der Waals surface area contributed by atoms with Crippen molar-refractivity contribution in [1.82, 2.24) is 16.1 Å². The van der Waals surface area contributed by atoms with Gasteiger partial charge >= 0.3 is 5.97 Å². The molecule has 4 amide bonds. The summed E-state index contributed by atoms with van der Waals surface area (Å²) in [5.41, 5.74) is 14.7. The summed E-state index contributed by atoms with van der Waals surface area (Å²) in [5.74, 6) is -2.64. The second-order valence-electron chi connectivity index (χ2n) is 8.67. The average molecular weight is 537 g/mol. The third-order valence-corrected chi connectivity index (χ3v) is 5.34. The zero-order valence-electron chi connectivity index (χ0n) is 21.6. The van der Waals surface area contributed by atoms with E-state index in [0.717, 1.165) is 24.8 Å². The van der Waals surface area contributed by atoms with Crippen LogP contribution in [0.15, 0.2) is 24.3 Å². The Kier molecular flexibility index (Phi) is 16.7. The molecule has 0 saturated heterocycles. The number of carboxylic acid groups (broad SMARTS) is 1. The van der Waals surface area contributed by atoms with Crippen LogP contribution in [0.1, 0.15) is 63.4 Å². The zero-order chi connectivity index (χ0) is 28.2. The maximum absolute atomic E-state index is 12.8. The third-order valence-electron chi connectivity index (χ3n) is 5.34. The van der Waals surface area contributed by atoms with Gasteiger partial charge in [0.2, 0.25) is 23.6 Å². The van der Waals surface area contributed by atoms with Crippen molar-refractivity contribution in [3.63, 3.8) is 0 Å². The molecule has 0 saturated carbocycles. The Morgan fingerprint density at radius 2 is 1.50 bits per heavy atom. The van der Waals surface area contributed by atoms with Crippen molar-refractivity contribution in [2.24, 2.45) is 11.5 Å². The number of carbonyl (C=O) groups is 5. The van der Waals surface area contributed by atoms with Gasteiger partial charge in [-0.15, -0.1) is 0 Å². The number of unbranched alkanes of at least 4 members (excludes halogenated alkanes) is 2. The van der Waals surface area contributed by atoms with Gasteiger partial charge in [0.05, 0.1) is 13.2 Å². The lowest BCUT2D eigenvalue weighted by Crippen LogP contribution is -2.47. The Labute approximate surface area is 222 Å². The third kappa shape index (κ3) is 15.5. The van der Waals surface area contributed by atoms with Crippen LogP contribution in [0.2, 0.25) is 0 Å². The molecule has 1 atom stereocenters. The van der Waals surface area contributed by atoms with Crippen LogP contribution in [-0.4, -0.2) is 60.4 Å². The van der Waals surface area contributed by atoms with Crippen LogP contribution in [0.25, 0.3) is 0 Å². The van der Waals surface area contributed by atoms with Crippen LogP contribution in [0.5, 0.6) is 0 Å². The smallest absolute Gasteiger partial charge is 0.303 e. The first-order valence-corrected chi connectivity index (χ1v) is 12.7. The van der Waals surface area contributed by atoms with Gasteiger partial charge in [0.1, 0.15) is 6.04 Å². The van der Waals surface area contributed by atoms with Gasteiger partial charge in [0.15, 0.2) is 0 Å². The van der Waals surface area contributed by atoms with E-state index in [4.69, 9.17) is 21.4 Å². The Balaban J connectivity index is 2.48. The number of anilines is 1. The molecule has 0 bridgehead atoms. The normalized spacial score (nSPS) is 11.3. The number of hydroxylamine groups is 1. The minimum absolute atomic E-state index is 0.0146. The first kappa shape index (κ1) is 32.5. The molecule has 0 radical (unpaired) electrons. The van der Waals surface area contributed by atoms with Gasteiger partial charge in [-0.1, -0.05) is 18.6 Å². The Morgan fingerprint density at radius 1 is 0.816 bits per heavy atom. The summed E-state index contributed by atoms with van der Waals surface area (Å²) in [7, 11) is 0. The standard InChI is InChI=1S/C25H40N6O7/c26-14-3-1-2-7-22(33)31-38-17-18-10-12-19(13-11-18)29-25(37)20(6-5-15-27)30-23(34)16-28-21(32)8-4-9-24(35)36/h10-13,20H,1-9,14-17,26-27H2,(H,28,32)(H,29,37)(H,30,34)(H,31,33)(H,35,36). The highest BCUT2D eigenvalue weighted by Gasteiger charge is 2.21. The van der Waals surface area contributed by atoms with E-state index < -0.39 is 29.7 Å². The molecule has 9 N–H and O–H groups in total. The fourth-order valence-corrected chi connectivity index (χ4v) is 3.27. The molecule has 38 heavy (non-hydrogen) atoms. The SMILES string of the molecule is NCCCCCC(=O)NOCc1ccc(NC(=O)C(CCCN)NC(=O)CNC(=O)CCCC(=O)O)cc1. The van der Waals surface area contributed by atoms with E-state index in [2.05, 4.69) is 21.4 Å². The summed E-state index contributed by atoms with van der Waals surface area (Å²) in [6, 6.07) is 5.94. The fourth-order valence-electron chi connectivity index (χ4n) is 3.27. The number of amides is 4. The molecule has 13 nitrogen and oxygen atoms in total. The molecule has 1 aromatic carbocycles. The number of nitrogens with one attached hydrogen (secondary N) is 4. The molecule has 0 aliphatic rings. The van der Waals surface area contributed by atoms with Crippen LogP contribution in [0, 0.1) is 0 Å². The molecule has 0 heterocycles. The molecular formula is C25H40N6O7. The van der Waals surface area contributed by atoms with Crippen LogP contribution < -0.4 is 32.9 Å². The second kappa shape index (κ2) is 19.5. The lowest BCUT2D eigenvalue weighted by Gasteiger charge is -2.18. The van der Waals surface area contributed by atoms with Crippen molar-refractivity contribution in [1.29, 1.82) is 0 Å². The molecular weight excluding hydrogens is 496 g/mol. The van der Waals surface area contributed by atoms with Gasteiger partial charge < -0.3 is 32.5 Å². The highest BCUT2D eigenvalue weighted by Crippen LogP contribution is 2.12. The number of rotatable bonds is 20. The lowest BCUT2D eigenvalue weighted by atomic mass is 10.1. The molecule has 0 fully saturated rings. The quantitative estimate of drug-likeness (QED) is 0.0899. The molecule has 0 spiro atoms. The van der Waals surface area contributed by atoms with E-state index in [1.807, 2.05) is 0 Å². The first-order chi connectivity index (χ1) is 18.2. The van der Waals surface area contributed by atoms with Crippen molar-refractivity contribution in [3.8, 4) is 0 Å².